The van der Waals surface area contributed by atoms with Crippen molar-refractivity contribution in [2.45, 2.75) is 38.3 Å². The van der Waals surface area contributed by atoms with E-state index < -0.39 is 9.84 Å². The van der Waals surface area contributed by atoms with E-state index in [1.165, 1.54) is 6.26 Å². The van der Waals surface area contributed by atoms with Crippen LogP contribution in [-0.4, -0.2) is 65.9 Å². The summed E-state index contributed by atoms with van der Waals surface area (Å²) < 4.78 is 33.9. The Labute approximate surface area is 181 Å². The number of benzene rings is 1. The van der Waals surface area contributed by atoms with Crippen molar-refractivity contribution < 1.29 is 17.5 Å². The third kappa shape index (κ3) is 5.20. The maximum absolute atomic E-state index is 11.6. The Morgan fingerprint density at radius 2 is 1.61 bits per heavy atom. The lowest BCUT2D eigenvalue weighted by atomic mass is 10.2. The predicted molar refractivity (Wildman–Crippen MR) is 114 cm³/mol. The Balaban J connectivity index is 1.33. The Hall–Kier alpha value is -2.56. The lowest BCUT2D eigenvalue weighted by molar-refractivity contribution is 0.241. The van der Waals surface area contributed by atoms with E-state index in [0.717, 1.165) is 56.0 Å². The van der Waals surface area contributed by atoms with Crippen LogP contribution in [0, 0.1) is 13.8 Å². The molecule has 0 spiro atoms. The highest BCUT2D eigenvalue weighted by Gasteiger charge is 2.21. The van der Waals surface area contributed by atoms with E-state index in [4.69, 9.17) is 9.05 Å². The van der Waals surface area contributed by atoms with Gasteiger partial charge in [-0.05, 0) is 51.1 Å². The second-order valence-electron chi connectivity index (χ2n) is 8.04. The second kappa shape index (κ2) is 8.89. The van der Waals surface area contributed by atoms with Crippen molar-refractivity contribution in [2.75, 3.05) is 32.4 Å². The molecule has 3 heterocycles. The first kappa shape index (κ1) is 21.7. The molecule has 0 radical (unpaired) electrons. The van der Waals surface area contributed by atoms with Gasteiger partial charge in [0.05, 0.1) is 17.1 Å². The molecule has 1 fully saturated rings. The molecule has 1 aliphatic rings. The Morgan fingerprint density at radius 1 is 0.935 bits per heavy atom. The number of aryl methyl sites for hydroxylation is 2. The molecule has 166 valence electrons. The zero-order valence-corrected chi connectivity index (χ0v) is 18.9. The molecule has 0 saturated carbocycles. The monoisotopic (exact) mass is 445 g/mol. The van der Waals surface area contributed by atoms with Crippen LogP contribution in [0.5, 0.6) is 0 Å². The molecular weight excluding hydrogens is 418 g/mol. The number of aromatic nitrogens is 3. The van der Waals surface area contributed by atoms with E-state index in [1.54, 1.807) is 12.1 Å². The van der Waals surface area contributed by atoms with Crippen molar-refractivity contribution in [1.29, 1.82) is 0 Å². The second-order valence-corrected chi connectivity index (χ2v) is 10.1. The fourth-order valence-corrected chi connectivity index (χ4v) is 4.48. The molecular formula is C21H27N5O4S. The summed E-state index contributed by atoms with van der Waals surface area (Å²) in [6.45, 7) is 8.88. The highest BCUT2D eigenvalue weighted by Crippen LogP contribution is 2.25. The molecule has 2 aromatic heterocycles. The third-order valence-corrected chi connectivity index (χ3v) is 6.65. The largest absolute Gasteiger partial charge is 0.361 e. The van der Waals surface area contributed by atoms with Crippen molar-refractivity contribution in [2.24, 2.45) is 0 Å². The van der Waals surface area contributed by atoms with Gasteiger partial charge in [-0.1, -0.05) is 22.4 Å². The summed E-state index contributed by atoms with van der Waals surface area (Å²) in [7, 11) is -3.16. The molecule has 31 heavy (non-hydrogen) atoms. The van der Waals surface area contributed by atoms with Crippen molar-refractivity contribution in [3.63, 3.8) is 0 Å². The van der Waals surface area contributed by atoms with Crippen LogP contribution < -0.4 is 0 Å². The summed E-state index contributed by atoms with van der Waals surface area (Å²) >= 11 is 0. The molecule has 9 nitrogen and oxygen atoms in total. The zero-order chi connectivity index (χ0) is 22.0. The van der Waals surface area contributed by atoms with Crippen LogP contribution in [0.25, 0.3) is 11.5 Å². The molecule has 10 heteroatoms. The predicted octanol–water partition coefficient (Wildman–Crippen LogP) is 2.45. The smallest absolute Gasteiger partial charge is 0.263 e. The zero-order valence-electron chi connectivity index (χ0n) is 18.0. The van der Waals surface area contributed by atoms with Crippen LogP contribution in [0.1, 0.15) is 29.3 Å². The maximum Gasteiger partial charge on any atom is 0.263 e. The van der Waals surface area contributed by atoms with Gasteiger partial charge in [0, 0.05) is 25.9 Å². The van der Waals surface area contributed by atoms with Gasteiger partial charge in [0.25, 0.3) is 5.89 Å². The summed E-state index contributed by atoms with van der Waals surface area (Å²) in [4.78, 5) is 9.61. The minimum Gasteiger partial charge on any atom is -0.361 e. The molecule has 1 aromatic carbocycles. The van der Waals surface area contributed by atoms with E-state index in [2.05, 4.69) is 25.1 Å². The number of hydrogen-bond acceptors (Lipinski definition) is 9. The topological polar surface area (TPSA) is 106 Å². The van der Waals surface area contributed by atoms with Gasteiger partial charge in [-0.2, -0.15) is 4.98 Å². The third-order valence-electron chi connectivity index (χ3n) is 5.52. The van der Waals surface area contributed by atoms with Crippen LogP contribution >= 0.6 is 0 Å². The quantitative estimate of drug-likeness (QED) is 0.565. The number of hydrogen-bond donors (Lipinski definition) is 0. The highest BCUT2D eigenvalue weighted by atomic mass is 32.2. The first-order valence-corrected chi connectivity index (χ1v) is 12.2. The number of nitrogens with zero attached hydrogens (tertiary/aromatic N) is 5. The number of sulfone groups is 1. The maximum atomic E-state index is 11.6. The lowest BCUT2D eigenvalue weighted by Gasteiger charge is -2.21. The molecule has 0 N–H and O–H groups in total. The van der Waals surface area contributed by atoms with Gasteiger partial charge >= 0.3 is 0 Å². The Kier molecular flexibility index (Phi) is 6.22. The fourth-order valence-electron chi connectivity index (χ4n) is 3.85. The average Bonchev–Trinajstić information content (AvgIpc) is 3.23. The van der Waals surface area contributed by atoms with Crippen LogP contribution in [0.4, 0.5) is 0 Å². The van der Waals surface area contributed by atoms with Crippen LogP contribution in [0.3, 0.4) is 0 Å². The molecule has 1 saturated heterocycles. The first-order chi connectivity index (χ1) is 14.8. The summed E-state index contributed by atoms with van der Waals surface area (Å²) in [5.41, 5.74) is 2.62. The first-order valence-electron chi connectivity index (χ1n) is 10.3. The molecule has 0 bridgehead atoms. The van der Waals surface area contributed by atoms with Gasteiger partial charge in [0.1, 0.15) is 11.3 Å². The summed E-state index contributed by atoms with van der Waals surface area (Å²) in [6, 6.07) is 7.16. The summed E-state index contributed by atoms with van der Waals surface area (Å²) in [5.74, 6) is 1.77. The number of rotatable bonds is 6. The van der Waals surface area contributed by atoms with E-state index >= 15 is 0 Å². The highest BCUT2D eigenvalue weighted by molar-refractivity contribution is 7.90. The van der Waals surface area contributed by atoms with E-state index in [9.17, 15) is 8.42 Å². The molecule has 3 aromatic rings. The van der Waals surface area contributed by atoms with Crippen LogP contribution in [0.2, 0.25) is 0 Å². The van der Waals surface area contributed by atoms with Crippen molar-refractivity contribution in [3.05, 3.63) is 47.1 Å². The molecule has 0 unspecified atom stereocenters. The molecule has 0 amide bonds. The lowest BCUT2D eigenvalue weighted by Crippen LogP contribution is -2.30. The van der Waals surface area contributed by atoms with E-state index in [0.29, 0.717) is 28.9 Å². The summed E-state index contributed by atoms with van der Waals surface area (Å²) in [6.07, 6.45) is 2.27. The van der Waals surface area contributed by atoms with Gasteiger partial charge in [-0.15, -0.1) is 0 Å². The molecule has 1 aliphatic heterocycles. The van der Waals surface area contributed by atoms with E-state index in [1.807, 2.05) is 26.0 Å². The van der Waals surface area contributed by atoms with E-state index in [-0.39, 0.29) is 0 Å². The van der Waals surface area contributed by atoms with Crippen LogP contribution in [-0.2, 0) is 22.9 Å². The van der Waals surface area contributed by atoms with Gasteiger partial charge in [0.15, 0.2) is 15.7 Å². The minimum atomic E-state index is -3.16. The van der Waals surface area contributed by atoms with Crippen LogP contribution in [0.15, 0.2) is 38.2 Å². The molecule has 4 rings (SSSR count). The fraction of sp³-hybridized carbons (Fsp3) is 0.476. The van der Waals surface area contributed by atoms with Crippen molar-refractivity contribution in [1.82, 2.24) is 25.1 Å². The van der Waals surface area contributed by atoms with Crippen molar-refractivity contribution in [3.8, 4) is 11.5 Å². The Bertz CT molecular complexity index is 1120. The molecule has 0 atom stereocenters. The minimum absolute atomic E-state index is 0.356. The van der Waals surface area contributed by atoms with Crippen molar-refractivity contribution >= 4 is 9.84 Å². The van der Waals surface area contributed by atoms with Gasteiger partial charge in [-0.25, -0.2) is 8.42 Å². The average molecular weight is 446 g/mol. The normalized spacial score (nSPS) is 16.5. The standard InChI is InChI=1S/C21H27N5O4S/c1-15-20(16(2)29-23-15)21-22-19(24-30-21)14-26-10-4-9-25(11-12-26)13-17-5-7-18(8-6-17)31(3,27)28/h5-8H,4,9-14H2,1-3H3. The summed E-state index contributed by atoms with van der Waals surface area (Å²) in [5, 5.41) is 8.07. The van der Waals surface area contributed by atoms with Gasteiger partial charge < -0.3 is 9.05 Å². The SMILES string of the molecule is Cc1noc(C)c1-c1nc(CN2CCCN(Cc3ccc(S(C)(=O)=O)cc3)CC2)no1. The Morgan fingerprint density at radius 3 is 2.23 bits per heavy atom. The van der Waals surface area contributed by atoms with Gasteiger partial charge in [-0.3, -0.25) is 9.80 Å². The molecule has 0 aliphatic carbocycles. The van der Waals surface area contributed by atoms with Gasteiger partial charge in [0.2, 0.25) is 0 Å².